The molecule has 1 saturated carbocycles. The minimum atomic E-state index is -0.987. The van der Waals surface area contributed by atoms with E-state index in [2.05, 4.69) is 5.32 Å². The summed E-state index contributed by atoms with van der Waals surface area (Å²) < 4.78 is 24.3. The van der Waals surface area contributed by atoms with Crippen molar-refractivity contribution in [1.29, 1.82) is 0 Å². The molecule has 0 aliphatic heterocycles. The standard InChI is InChI=1S/C24H25FN2O4/c25-18-12-10-17(11-13-18)16-27(24(29)21-9-5-15-31-21)22(20-8-4-14-30-20)23(28)26-19-6-2-1-3-7-19/h4-5,8-15,19,22H,1-3,6-7,16H2,(H,26,28). The van der Waals surface area contributed by atoms with E-state index in [0.29, 0.717) is 11.3 Å². The van der Waals surface area contributed by atoms with E-state index in [0.717, 1.165) is 25.7 Å². The van der Waals surface area contributed by atoms with Crippen LogP contribution in [-0.4, -0.2) is 22.8 Å². The molecule has 0 bridgehead atoms. The van der Waals surface area contributed by atoms with Gasteiger partial charge in [-0.2, -0.15) is 0 Å². The van der Waals surface area contributed by atoms with Crippen molar-refractivity contribution in [2.75, 3.05) is 0 Å². The zero-order chi connectivity index (χ0) is 21.6. The van der Waals surface area contributed by atoms with E-state index >= 15 is 0 Å². The zero-order valence-corrected chi connectivity index (χ0v) is 17.1. The van der Waals surface area contributed by atoms with Gasteiger partial charge in [-0.25, -0.2) is 4.39 Å². The number of benzene rings is 1. The Morgan fingerprint density at radius 1 is 1.00 bits per heavy atom. The average Bonchev–Trinajstić information content (AvgIpc) is 3.50. The number of hydrogen-bond donors (Lipinski definition) is 1. The van der Waals surface area contributed by atoms with Crippen LogP contribution in [0.15, 0.2) is 69.9 Å². The fourth-order valence-corrected chi connectivity index (χ4v) is 4.01. The van der Waals surface area contributed by atoms with E-state index in [1.807, 2.05) is 0 Å². The van der Waals surface area contributed by atoms with Crippen molar-refractivity contribution in [2.24, 2.45) is 0 Å². The first-order chi connectivity index (χ1) is 15.1. The number of carbonyl (C=O) groups is 2. The van der Waals surface area contributed by atoms with Crippen LogP contribution < -0.4 is 5.32 Å². The molecule has 2 amide bonds. The van der Waals surface area contributed by atoms with Gasteiger partial charge in [0.25, 0.3) is 11.8 Å². The number of hydrogen-bond acceptors (Lipinski definition) is 4. The summed E-state index contributed by atoms with van der Waals surface area (Å²) in [5, 5.41) is 3.10. The maximum absolute atomic E-state index is 13.4. The van der Waals surface area contributed by atoms with Gasteiger partial charge in [-0.3, -0.25) is 9.59 Å². The van der Waals surface area contributed by atoms with E-state index in [1.165, 1.54) is 36.0 Å². The lowest BCUT2D eigenvalue weighted by atomic mass is 9.95. The number of halogens is 1. The number of nitrogens with zero attached hydrogens (tertiary/aromatic N) is 1. The average molecular weight is 424 g/mol. The van der Waals surface area contributed by atoms with Crippen LogP contribution in [0, 0.1) is 5.82 Å². The molecule has 1 aliphatic rings. The predicted molar refractivity (Wildman–Crippen MR) is 111 cm³/mol. The smallest absolute Gasteiger partial charge is 0.290 e. The SMILES string of the molecule is O=C(NC1CCCCC1)C(c1ccco1)N(Cc1ccc(F)cc1)C(=O)c1ccco1. The molecule has 0 radical (unpaired) electrons. The Labute approximate surface area is 180 Å². The summed E-state index contributed by atoms with van der Waals surface area (Å²) in [6, 6.07) is 11.5. The largest absolute Gasteiger partial charge is 0.467 e. The molecule has 3 aromatic rings. The van der Waals surface area contributed by atoms with Gasteiger partial charge in [0, 0.05) is 12.6 Å². The van der Waals surface area contributed by atoms with Crippen LogP contribution >= 0.6 is 0 Å². The number of carbonyl (C=O) groups excluding carboxylic acids is 2. The number of furan rings is 2. The number of nitrogens with one attached hydrogen (secondary N) is 1. The maximum Gasteiger partial charge on any atom is 0.290 e. The van der Waals surface area contributed by atoms with Gasteiger partial charge in [0.15, 0.2) is 11.8 Å². The molecule has 1 N–H and O–H groups in total. The highest BCUT2D eigenvalue weighted by molar-refractivity contribution is 5.95. The van der Waals surface area contributed by atoms with Gasteiger partial charge in [-0.15, -0.1) is 0 Å². The molecule has 2 aromatic heterocycles. The molecule has 1 aliphatic carbocycles. The van der Waals surface area contributed by atoms with Gasteiger partial charge in [-0.05, 0) is 54.8 Å². The Balaban J connectivity index is 1.67. The summed E-state index contributed by atoms with van der Waals surface area (Å²) in [4.78, 5) is 28.2. The normalized spacial score (nSPS) is 15.4. The number of amides is 2. The van der Waals surface area contributed by atoms with E-state index < -0.39 is 11.9 Å². The third-order valence-electron chi connectivity index (χ3n) is 5.58. The Bertz CT molecular complexity index is 977. The quantitative estimate of drug-likeness (QED) is 0.589. The minimum Gasteiger partial charge on any atom is -0.467 e. The maximum atomic E-state index is 13.4. The lowest BCUT2D eigenvalue weighted by Crippen LogP contribution is -2.46. The minimum absolute atomic E-state index is 0.0742. The molecular formula is C24H25FN2O4. The molecule has 4 rings (SSSR count). The third-order valence-corrected chi connectivity index (χ3v) is 5.58. The fraction of sp³-hybridized carbons (Fsp3) is 0.333. The molecule has 162 valence electrons. The molecule has 7 heteroatoms. The highest BCUT2D eigenvalue weighted by atomic mass is 19.1. The topological polar surface area (TPSA) is 75.7 Å². The van der Waals surface area contributed by atoms with Crippen molar-refractivity contribution in [3.05, 3.63) is 84.0 Å². The van der Waals surface area contributed by atoms with Gasteiger partial charge >= 0.3 is 0 Å². The van der Waals surface area contributed by atoms with Crippen LogP contribution in [0.2, 0.25) is 0 Å². The van der Waals surface area contributed by atoms with Crippen molar-refractivity contribution in [3.63, 3.8) is 0 Å². The second-order valence-electron chi connectivity index (χ2n) is 7.80. The second kappa shape index (κ2) is 9.64. The first-order valence-electron chi connectivity index (χ1n) is 10.5. The summed E-state index contributed by atoms with van der Waals surface area (Å²) >= 11 is 0. The monoisotopic (exact) mass is 424 g/mol. The predicted octanol–water partition coefficient (Wildman–Crippen LogP) is 4.84. The van der Waals surface area contributed by atoms with Crippen LogP contribution in [0.4, 0.5) is 4.39 Å². The molecule has 6 nitrogen and oxygen atoms in total. The van der Waals surface area contributed by atoms with Crippen molar-refractivity contribution in [3.8, 4) is 0 Å². The second-order valence-corrected chi connectivity index (χ2v) is 7.80. The van der Waals surface area contributed by atoms with E-state index in [-0.39, 0.29) is 30.1 Å². The zero-order valence-electron chi connectivity index (χ0n) is 17.1. The van der Waals surface area contributed by atoms with Gasteiger partial charge in [0.2, 0.25) is 0 Å². The van der Waals surface area contributed by atoms with Crippen LogP contribution in [0.3, 0.4) is 0 Å². The molecule has 31 heavy (non-hydrogen) atoms. The summed E-state index contributed by atoms with van der Waals surface area (Å²) in [7, 11) is 0. The number of rotatable bonds is 7. The lowest BCUT2D eigenvalue weighted by molar-refractivity contribution is -0.127. The molecule has 1 unspecified atom stereocenters. The van der Waals surface area contributed by atoms with Crippen molar-refractivity contribution < 1.29 is 22.8 Å². The molecular weight excluding hydrogens is 399 g/mol. The van der Waals surface area contributed by atoms with Crippen molar-refractivity contribution in [2.45, 2.75) is 50.7 Å². The van der Waals surface area contributed by atoms with Gasteiger partial charge < -0.3 is 19.1 Å². The van der Waals surface area contributed by atoms with Crippen LogP contribution in [0.25, 0.3) is 0 Å². The Hall–Kier alpha value is -3.35. The van der Waals surface area contributed by atoms with Gasteiger partial charge in [0.05, 0.1) is 12.5 Å². The lowest BCUT2D eigenvalue weighted by Gasteiger charge is -2.31. The molecule has 1 aromatic carbocycles. The van der Waals surface area contributed by atoms with Crippen molar-refractivity contribution >= 4 is 11.8 Å². The molecule has 0 saturated heterocycles. The van der Waals surface area contributed by atoms with Crippen LogP contribution in [0.1, 0.15) is 60.0 Å². The molecule has 1 atom stereocenters. The highest BCUT2D eigenvalue weighted by Gasteiger charge is 2.36. The van der Waals surface area contributed by atoms with Crippen LogP contribution in [0.5, 0.6) is 0 Å². The summed E-state index contributed by atoms with van der Waals surface area (Å²) in [6.45, 7) is 0.0866. The van der Waals surface area contributed by atoms with Crippen molar-refractivity contribution in [1.82, 2.24) is 10.2 Å². The van der Waals surface area contributed by atoms with Gasteiger partial charge in [-0.1, -0.05) is 31.4 Å². The first kappa shape index (κ1) is 20.9. The molecule has 1 fully saturated rings. The van der Waals surface area contributed by atoms with E-state index in [4.69, 9.17) is 8.83 Å². The third kappa shape index (κ3) is 5.05. The molecule has 0 spiro atoms. The van der Waals surface area contributed by atoms with Gasteiger partial charge in [0.1, 0.15) is 11.6 Å². The Kier molecular flexibility index (Phi) is 6.50. The fourth-order valence-electron chi connectivity index (χ4n) is 4.01. The summed E-state index contributed by atoms with van der Waals surface area (Å²) in [6.07, 6.45) is 8.03. The Morgan fingerprint density at radius 3 is 2.35 bits per heavy atom. The summed E-state index contributed by atoms with van der Waals surface area (Å²) in [5.74, 6) is -0.650. The van der Waals surface area contributed by atoms with E-state index in [1.54, 1.807) is 36.4 Å². The first-order valence-corrected chi connectivity index (χ1v) is 10.5. The van der Waals surface area contributed by atoms with E-state index in [9.17, 15) is 14.0 Å². The summed E-state index contributed by atoms with van der Waals surface area (Å²) in [5.41, 5.74) is 0.684. The highest BCUT2D eigenvalue weighted by Crippen LogP contribution is 2.28. The molecule has 2 heterocycles. The Morgan fingerprint density at radius 2 is 1.71 bits per heavy atom. The van der Waals surface area contributed by atoms with Crippen LogP contribution in [-0.2, 0) is 11.3 Å².